The van der Waals surface area contributed by atoms with Crippen LogP contribution in [0.15, 0.2) is 27.3 Å². The molecule has 0 unspecified atom stereocenters. The second-order valence-electron chi connectivity index (χ2n) is 3.21. The van der Waals surface area contributed by atoms with E-state index in [1.807, 2.05) is 13.0 Å². The summed E-state index contributed by atoms with van der Waals surface area (Å²) in [7, 11) is 0. The van der Waals surface area contributed by atoms with Crippen molar-refractivity contribution in [1.29, 1.82) is 0 Å². The molecule has 0 radical (unpaired) electrons. The molecule has 5 heteroatoms. The van der Waals surface area contributed by atoms with Crippen LogP contribution in [0.1, 0.15) is 5.56 Å². The molecule has 15 heavy (non-hydrogen) atoms. The van der Waals surface area contributed by atoms with Gasteiger partial charge in [0.15, 0.2) is 0 Å². The number of hydrogen-bond acceptors (Lipinski definition) is 4. The Morgan fingerprint density at radius 2 is 2.20 bits per heavy atom. The van der Waals surface area contributed by atoms with E-state index in [9.17, 15) is 5.11 Å². The van der Waals surface area contributed by atoms with Gasteiger partial charge in [-0.25, -0.2) is 0 Å². The lowest BCUT2D eigenvalue weighted by molar-refractivity contribution is 0.436. The third-order valence-corrected chi connectivity index (χ3v) is 3.05. The van der Waals surface area contributed by atoms with Gasteiger partial charge >= 0.3 is 0 Å². The van der Waals surface area contributed by atoms with Crippen LogP contribution >= 0.6 is 15.9 Å². The second kappa shape index (κ2) is 3.58. The predicted molar refractivity (Wildman–Crippen MR) is 60.5 cm³/mol. The fraction of sp³-hybridized carbons (Fsp3) is 0.100. The summed E-state index contributed by atoms with van der Waals surface area (Å²) in [6, 6.07) is 3.49. The summed E-state index contributed by atoms with van der Waals surface area (Å²) < 4.78 is 5.58. The van der Waals surface area contributed by atoms with E-state index in [1.165, 1.54) is 6.20 Å². The number of aromatic hydroxyl groups is 1. The average Bonchev–Trinajstić information content (AvgIpc) is 2.60. The minimum Gasteiger partial charge on any atom is -0.508 e. The van der Waals surface area contributed by atoms with Crippen molar-refractivity contribution in [2.45, 2.75) is 6.92 Å². The minimum atomic E-state index is 0.208. The maximum absolute atomic E-state index is 9.65. The van der Waals surface area contributed by atoms with Crippen LogP contribution in [0.3, 0.4) is 0 Å². The Bertz CT molecular complexity index is 485. The standard InChI is InChI=1S/C10H9BrN2O2/c1-5-8(11)2-6(3-9(5)14)7-4-13-15-10(7)12/h2-4,14H,12H2,1H3. The molecule has 0 saturated carbocycles. The van der Waals surface area contributed by atoms with E-state index >= 15 is 0 Å². The molecule has 0 saturated heterocycles. The van der Waals surface area contributed by atoms with Crippen LogP contribution in [0.4, 0.5) is 5.88 Å². The largest absolute Gasteiger partial charge is 0.508 e. The number of halogens is 1. The number of benzene rings is 1. The molecule has 2 rings (SSSR count). The molecule has 1 aromatic carbocycles. The van der Waals surface area contributed by atoms with Gasteiger partial charge in [0, 0.05) is 10.0 Å². The van der Waals surface area contributed by atoms with Gasteiger partial charge < -0.3 is 15.4 Å². The molecule has 0 aliphatic carbocycles. The number of rotatable bonds is 1. The predicted octanol–water partition coefficient (Wildman–Crippen LogP) is 2.70. The van der Waals surface area contributed by atoms with Crippen LogP contribution in [-0.4, -0.2) is 10.3 Å². The molecular formula is C10H9BrN2O2. The molecule has 1 heterocycles. The van der Waals surface area contributed by atoms with Crippen molar-refractivity contribution in [2.24, 2.45) is 0 Å². The number of phenols is 1. The summed E-state index contributed by atoms with van der Waals surface area (Å²) in [5.74, 6) is 0.449. The van der Waals surface area contributed by atoms with Crippen molar-refractivity contribution in [3.63, 3.8) is 0 Å². The number of anilines is 1. The fourth-order valence-corrected chi connectivity index (χ4v) is 1.74. The monoisotopic (exact) mass is 268 g/mol. The smallest absolute Gasteiger partial charge is 0.229 e. The van der Waals surface area contributed by atoms with E-state index in [0.29, 0.717) is 5.56 Å². The van der Waals surface area contributed by atoms with Crippen LogP contribution in [0, 0.1) is 6.92 Å². The summed E-state index contributed by atoms with van der Waals surface area (Å²) in [6.45, 7) is 1.82. The van der Waals surface area contributed by atoms with Crippen molar-refractivity contribution in [3.05, 3.63) is 28.4 Å². The van der Waals surface area contributed by atoms with Gasteiger partial charge in [0.25, 0.3) is 0 Å². The second-order valence-corrected chi connectivity index (χ2v) is 4.06. The molecule has 0 amide bonds. The Labute approximate surface area is 94.8 Å². The van der Waals surface area contributed by atoms with E-state index in [2.05, 4.69) is 21.1 Å². The Kier molecular flexibility index (Phi) is 2.40. The van der Waals surface area contributed by atoms with Crippen molar-refractivity contribution >= 4 is 21.8 Å². The molecule has 0 spiro atoms. The molecule has 4 nitrogen and oxygen atoms in total. The molecule has 78 valence electrons. The summed E-state index contributed by atoms with van der Waals surface area (Å²) in [6.07, 6.45) is 1.52. The summed E-state index contributed by atoms with van der Waals surface area (Å²) in [5.41, 5.74) is 7.81. The first kappa shape index (κ1) is 10.0. The topological polar surface area (TPSA) is 72.3 Å². The van der Waals surface area contributed by atoms with Crippen molar-refractivity contribution in [2.75, 3.05) is 5.73 Å². The number of aromatic nitrogens is 1. The first-order valence-electron chi connectivity index (χ1n) is 4.29. The van der Waals surface area contributed by atoms with Gasteiger partial charge in [-0.05, 0) is 24.6 Å². The zero-order valence-electron chi connectivity index (χ0n) is 7.99. The normalized spacial score (nSPS) is 10.5. The van der Waals surface area contributed by atoms with E-state index in [1.54, 1.807) is 6.07 Å². The van der Waals surface area contributed by atoms with Crippen LogP contribution in [0.5, 0.6) is 5.75 Å². The van der Waals surface area contributed by atoms with Crippen molar-refractivity contribution in [1.82, 2.24) is 5.16 Å². The number of nitrogen functional groups attached to an aromatic ring is 1. The lowest BCUT2D eigenvalue weighted by Crippen LogP contribution is -1.86. The van der Waals surface area contributed by atoms with Crippen LogP contribution in [0.2, 0.25) is 0 Å². The van der Waals surface area contributed by atoms with Crippen molar-refractivity contribution < 1.29 is 9.63 Å². The molecule has 0 aliphatic heterocycles. The first-order valence-corrected chi connectivity index (χ1v) is 5.08. The molecule has 2 aromatic rings. The number of nitrogens with two attached hydrogens (primary N) is 1. The zero-order chi connectivity index (χ0) is 11.0. The Balaban J connectivity index is 2.60. The molecule has 0 bridgehead atoms. The first-order chi connectivity index (χ1) is 7.09. The molecular weight excluding hydrogens is 260 g/mol. The summed E-state index contributed by atoms with van der Waals surface area (Å²) in [5, 5.41) is 13.2. The van der Waals surface area contributed by atoms with Gasteiger partial charge in [-0.1, -0.05) is 21.1 Å². The third-order valence-electron chi connectivity index (χ3n) is 2.23. The molecule has 0 atom stereocenters. The lowest BCUT2D eigenvalue weighted by Gasteiger charge is -2.05. The Morgan fingerprint density at radius 1 is 1.47 bits per heavy atom. The Hall–Kier alpha value is -1.49. The fourth-order valence-electron chi connectivity index (χ4n) is 1.29. The van der Waals surface area contributed by atoms with Gasteiger partial charge in [0.05, 0.1) is 11.8 Å². The van der Waals surface area contributed by atoms with Gasteiger partial charge in [-0.3, -0.25) is 0 Å². The SMILES string of the molecule is Cc1c(O)cc(-c2cnoc2N)cc1Br. The van der Waals surface area contributed by atoms with E-state index in [0.717, 1.165) is 15.6 Å². The van der Waals surface area contributed by atoms with E-state index in [-0.39, 0.29) is 11.6 Å². The average molecular weight is 269 g/mol. The Morgan fingerprint density at radius 3 is 2.73 bits per heavy atom. The highest BCUT2D eigenvalue weighted by Gasteiger charge is 2.10. The van der Waals surface area contributed by atoms with Crippen LogP contribution in [0.25, 0.3) is 11.1 Å². The van der Waals surface area contributed by atoms with Crippen LogP contribution in [-0.2, 0) is 0 Å². The van der Waals surface area contributed by atoms with Gasteiger partial charge in [0.1, 0.15) is 5.75 Å². The van der Waals surface area contributed by atoms with E-state index < -0.39 is 0 Å². The zero-order valence-corrected chi connectivity index (χ0v) is 9.58. The minimum absolute atomic E-state index is 0.208. The maximum Gasteiger partial charge on any atom is 0.229 e. The number of hydrogen-bond donors (Lipinski definition) is 2. The van der Waals surface area contributed by atoms with Gasteiger partial charge in [-0.15, -0.1) is 0 Å². The lowest BCUT2D eigenvalue weighted by atomic mass is 10.1. The molecule has 0 aliphatic rings. The van der Waals surface area contributed by atoms with Gasteiger partial charge in [-0.2, -0.15) is 0 Å². The van der Waals surface area contributed by atoms with Crippen LogP contribution < -0.4 is 5.73 Å². The van der Waals surface area contributed by atoms with Crippen molar-refractivity contribution in [3.8, 4) is 16.9 Å². The molecule has 1 aromatic heterocycles. The number of phenolic OH excluding ortho intramolecular Hbond substituents is 1. The van der Waals surface area contributed by atoms with E-state index in [4.69, 9.17) is 10.3 Å². The molecule has 3 N–H and O–H groups in total. The highest BCUT2D eigenvalue weighted by molar-refractivity contribution is 9.10. The third kappa shape index (κ3) is 1.70. The number of nitrogens with zero attached hydrogens (tertiary/aromatic N) is 1. The highest BCUT2D eigenvalue weighted by Crippen LogP contribution is 2.34. The summed E-state index contributed by atoms with van der Waals surface area (Å²) in [4.78, 5) is 0. The quantitative estimate of drug-likeness (QED) is 0.834. The van der Waals surface area contributed by atoms with Gasteiger partial charge in [0.2, 0.25) is 5.88 Å². The highest BCUT2D eigenvalue weighted by atomic mass is 79.9. The molecule has 0 fully saturated rings. The summed E-state index contributed by atoms with van der Waals surface area (Å²) >= 11 is 3.36. The maximum atomic E-state index is 9.65.